The highest BCUT2D eigenvalue weighted by Gasteiger charge is 2.11. The molecular formula is C17H16N6O2S2. The Labute approximate surface area is 159 Å². The summed E-state index contributed by atoms with van der Waals surface area (Å²) in [6, 6.07) is 12.9. The molecule has 0 bridgehead atoms. The van der Waals surface area contributed by atoms with E-state index in [1.54, 1.807) is 31.3 Å². The molecule has 0 aliphatic rings. The number of hydrogen-bond acceptors (Lipinski definition) is 7. The number of H-pyrrole nitrogens is 1. The lowest BCUT2D eigenvalue weighted by atomic mass is 10.2. The lowest BCUT2D eigenvalue weighted by molar-refractivity contribution is 0.602. The number of aromatic nitrogens is 4. The molecule has 4 aromatic rings. The van der Waals surface area contributed by atoms with Gasteiger partial charge in [-0.25, -0.2) is 8.42 Å². The van der Waals surface area contributed by atoms with Crippen molar-refractivity contribution in [2.24, 2.45) is 0 Å². The maximum absolute atomic E-state index is 11.7. The van der Waals surface area contributed by atoms with Crippen LogP contribution < -0.4 is 10.0 Å². The summed E-state index contributed by atoms with van der Waals surface area (Å²) in [6.45, 7) is 1.59. The molecule has 2 aromatic carbocycles. The van der Waals surface area contributed by atoms with Crippen LogP contribution in [0, 0.1) is 0 Å². The molecule has 0 aliphatic carbocycles. The van der Waals surface area contributed by atoms with Gasteiger partial charge in [0.25, 0.3) is 0 Å². The third kappa shape index (κ3) is 3.91. The Morgan fingerprint density at radius 3 is 2.85 bits per heavy atom. The smallest absolute Gasteiger partial charge is 0.232 e. The van der Waals surface area contributed by atoms with E-state index >= 15 is 0 Å². The summed E-state index contributed by atoms with van der Waals surface area (Å²) in [5.41, 5.74) is 3.15. The van der Waals surface area contributed by atoms with Crippen molar-refractivity contribution >= 4 is 48.8 Å². The maximum Gasteiger partial charge on any atom is 0.232 e. The number of nitrogens with one attached hydrogen (secondary N) is 3. The lowest BCUT2D eigenvalue weighted by Gasteiger charge is -2.06. The van der Waals surface area contributed by atoms with E-state index in [4.69, 9.17) is 0 Å². The Kier molecular flexibility index (Phi) is 4.50. The summed E-state index contributed by atoms with van der Waals surface area (Å²) in [4.78, 5) is 0. The number of aromatic amines is 1. The summed E-state index contributed by atoms with van der Waals surface area (Å²) in [5, 5.41) is 20.9. The summed E-state index contributed by atoms with van der Waals surface area (Å²) in [7, 11) is -3.32. The van der Waals surface area contributed by atoms with Crippen LogP contribution in [0.2, 0.25) is 0 Å². The third-order valence-electron chi connectivity index (χ3n) is 3.88. The van der Waals surface area contributed by atoms with Gasteiger partial charge in [-0.3, -0.25) is 9.82 Å². The van der Waals surface area contributed by atoms with E-state index in [9.17, 15) is 8.42 Å². The van der Waals surface area contributed by atoms with Crippen molar-refractivity contribution < 1.29 is 8.42 Å². The SMILES string of the molecule is CCS(=O)(=O)Nc1cccc(-c2nnc(Nc3ccc4[nH]ncc4c3)s2)c1. The van der Waals surface area contributed by atoms with Gasteiger partial charge in [0.15, 0.2) is 0 Å². The number of rotatable bonds is 6. The molecule has 27 heavy (non-hydrogen) atoms. The Morgan fingerprint density at radius 1 is 1.11 bits per heavy atom. The van der Waals surface area contributed by atoms with E-state index < -0.39 is 10.0 Å². The van der Waals surface area contributed by atoms with Gasteiger partial charge in [-0.05, 0) is 37.3 Å². The van der Waals surface area contributed by atoms with Gasteiger partial charge < -0.3 is 5.32 Å². The van der Waals surface area contributed by atoms with Crippen molar-refractivity contribution in [2.75, 3.05) is 15.8 Å². The number of fused-ring (bicyclic) bond motifs is 1. The van der Waals surface area contributed by atoms with Crippen molar-refractivity contribution in [3.8, 4) is 10.6 Å². The number of nitrogens with zero attached hydrogens (tertiary/aromatic N) is 3. The second-order valence-electron chi connectivity index (χ2n) is 5.80. The van der Waals surface area contributed by atoms with Gasteiger partial charge in [0.1, 0.15) is 5.01 Å². The minimum atomic E-state index is -3.32. The van der Waals surface area contributed by atoms with E-state index in [-0.39, 0.29) is 5.75 Å². The molecule has 0 spiro atoms. The van der Waals surface area contributed by atoms with Crippen molar-refractivity contribution in [2.45, 2.75) is 6.92 Å². The predicted molar refractivity (Wildman–Crippen MR) is 108 cm³/mol. The molecule has 0 amide bonds. The highest BCUT2D eigenvalue weighted by molar-refractivity contribution is 7.92. The fraction of sp³-hybridized carbons (Fsp3) is 0.118. The van der Waals surface area contributed by atoms with Gasteiger partial charge >= 0.3 is 0 Å². The third-order valence-corrected chi connectivity index (χ3v) is 6.07. The van der Waals surface area contributed by atoms with Crippen molar-refractivity contribution in [3.63, 3.8) is 0 Å². The summed E-state index contributed by atoms with van der Waals surface area (Å²) >= 11 is 1.39. The molecule has 2 aromatic heterocycles. The summed E-state index contributed by atoms with van der Waals surface area (Å²) < 4.78 is 26.0. The van der Waals surface area contributed by atoms with Gasteiger partial charge in [-0.1, -0.05) is 23.5 Å². The summed E-state index contributed by atoms with van der Waals surface area (Å²) in [5.74, 6) is 0.0190. The number of hydrogen-bond donors (Lipinski definition) is 3. The first-order valence-corrected chi connectivity index (χ1v) is 10.6. The van der Waals surface area contributed by atoms with Crippen molar-refractivity contribution in [1.29, 1.82) is 0 Å². The average Bonchev–Trinajstić information content (AvgIpc) is 3.30. The molecule has 0 saturated carbocycles. The number of anilines is 3. The van der Waals surface area contributed by atoms with Gasteiger partial charge in [0.05, 0.1) is 17.5 Å². The van der Waals surface area contributed by atoms with Crippen LogP contribution in [0.25, 0.3) is 21.5 Å². The minimum absolute atomic E-state index is 0.0190. The molecule has 0 aliphatic heterocycles. The maximum atomic E-state index is 11.7. The molecule has 0 saturated heterocycles. The topological polar surface area (TPSA) is 113 Å². The van der Waals surface area contributed by atoms with E-state index in [0.29, 0.717) is 15.8 Å². The molecule has 10 heteroatoms. The molecule has 0 radical (unpaired) electrons. The van der Waals surface area contributed by atoms with E-state index in [0.717, 1.165) is 22.2 Å². The van der Waals surface area contributed by atoms with Gasteiger partial charge in [0, 0.05) is 22.3 Å². The predicted octanol–water partition coefficient (Wildman–Crippen LogP) is 3.59. The number of sulfonamides is 1. The van der Waals surface area contributed by atoms with E-state index in [2.05, 4.69) is 30.4 Å². The molecule has 2 heterocycles. The zero-order chi connectivity index (χ0) is 18.9. The first kappa shape index (κ1) is 17.4. The first-order valence-electron chi connectivity index (χ1n) is 8.17. The highest BCUT2D eigenvalue weighted by Crippen LogP contribution is 2.30. The molecule has 0 fully saturated rings. The van der Waals surface area contributed by atoms with Crippen LogP contribution in [-0.4, -0.2) is 34.6 Å². The molecule has 138 valence electrons. The lowest BCUT2D eigenvalue weighted by Crippen LogP contribution is -2.14. The molecule has 0 unspecified atom stereocenters. The van der Waals surface area contributed by atoms with Gasteiger partial charge in [0.2, 0.25) is 15.2 Å². The van der Waals surface area contributed by atoms with Crippen LogP contribution >= 0.6 is 11.3 Å². The molecule has 4 rings (SSSR count). The average molecular weight is 400 g/mol. The second kappa shape index (κ2) is 6.97. The molecular weight excluding hydrogens is 384 g/mol. The van der Waals surface area contributed by atoms with Crippen LogP contribution in [0.15, 0.2) is 48.7 Å². The van der Waals surface area contributed by atoms with Crippen LogP contribution in [0.3, 0.4) is 0 Å². The van der Waals surface area contributed by atoms with Gasteiger partial charge in [-0.2, -0.15) is 5.10 Å². The standard InChI is InChI=1S/C17H16N6O2S2/c1-2-27(24,25)23-14-5-3-4-11(8-14)16-21-22-17(26-16)19-13-6-7-15-12(9-13)10-18-20-15/h3-10,23H,2H2,1H3,(H,18,20)(H,19,22). The largest absolute Gasteiger partial charge is 0.330 e. The number of benzene rings is 2. The molecule has 3 N–H and O–H groups in total. The van der Waals surface area contributed by atoms with Crippen molar-refractivity contribution in [1.82, 2.24) is 20.4 Å². The molecule has 8 nitrogen and oxygen atoms in total. The Balaban J connectivity index is 1.55. The fourth-order valence-corrected chi connectivity index (χ4v) is 3.89. The fourth-order valence-electron chi connectivity index (χ4n) is 2.50. The molecule has 0 atom stereocenters. The van der Waals surface area contributed by atoms with Crippen molar-refractivity contribution in [3.05, 3.63) is 48.7 Å². The quantitative estimate of drug-likeness (QED) is 0.456. The minimum Gasteiger partial charge on any atom is -0.330 e. The Morgan fingerprint density at radius 2 is 2.00 bits per heavy atom. The van der Waals surface area contributed by atoms with Gasteiger partial charge in [-0.15, -0.1) is 10.2 Å². The zero-order valence-electron chi connectivity index (χ0n) is 14.3. The van der Waals surface area contributed by atoms with E-state index in [1.165, 1.54) is 11.3 Å². The van der Waals surface area contributed by atoms with Crippen LogP contribution in [0.1, 0.15) is 6.92 Å². The Bertz CT molecular complexity index is 1200. The van der Waals surface area contributed by atoms with E-state index in [1.807, 2.05) is 24.3 Å². The zero-order valence-corrected chi connectivity index (χ0v) is 15.9. The van der Waals surface area contributed by atoms with Crippen LogP contribution in [-0.2, 0) is 10.0 Å². The second-order valence-corrected chi connectivity index (χ2v) is 8.78. The highest BCUT2D eigenvalue weighted by atomic mass is 32.2. The van der Waals surface area contributed by atoms with Crippen LogP contribution in [0.5, 0.6) is 0 Å². The Hall–Kier alpha value is -2.98. The summed E-state index contributed by atoms with van der Waals surface area (Å²) in [6.07, 6.45) is 1.76. The normalized spacial score (nSPS) is 11.6. The first-order chi connectivity index (χ1) is 13.0. The monoisotopic (exact) mass is 400 g/mol. The van der Waals surface area contributed by atoms with Crippen LogP contribution in [0.4, 0.5) is 16.5 Å².